The lowest BCUT2D eigenvalue weighted by atomic mass is 10.0. The predicted octanol–water partition coefficient (Wildman–Crippen LogP) is 2.43. The number of halogens is 2. The molecule has 1 aromatic rings. The summed E-state index contributed by atoms with van der Waals surface area (Å²) in [6.07, 6.45) is 3.41. The van der Waals surface area contributed by atoms with Gasteiger partial charge < -0.3 is 10.6 Å². The van der Waals surface area contributed by atoms with Crippen LogP contribution in [0.1, 0.15) is 19.8 Å². The van der Waals surface area contributed by atoms with E-state index in [1.165, 1.54) is 12.3 Å². The minimum Gasteiger partial charge on any atom is -0.365 e. The van der Waals surface area contributed by atoms with Crippen molar-refractivity contribution in [3.8, 4) is 0 Å². The van der Waals surface area contributed by atoms with Crippen LogP contribution in [0.2, 0.25) is 5.02 Å². The average molecular weight is 244 g/mol. The number of hydrogen-bond acceptors (Lipinski definition) is 3. The zero-order valence-corrected chi connectivity index (χ0v) is 9.89. The molecule has 1 aliphatic rings. The summed E-state index contributed by atoms with van der Waals surface area (Å²) in [7, 11) is 0. The zero-order valence-electron chi connectivity index (χ0n) is 9.13. The molecule has 1 aliphatic heterocycles. The van der Waals surface area contributed by atoms with Gasteiger partial charge >= 0.3 is 0 Å². The maximum atomic E-state index is 13.5. The SMILES string of the molecule is CC1CC(Nc2ncc(Cl)cc2F)CCN1. The highest BCUT2D eigenvalue weighted by Gasteiger charge is 2.19. The highest BCUT2D eigenvalue weighted by molar-refractivity contribution is 6.30. The van der Waals surface area contributed by atoms with Crippen LogP contribution in [0, 0.1) is 5.82 Å². The molecular formula is C11H15ClFN3. The van der Waals surface area contributed by atoms with E-state index >= 15 is 0 Å². The van der Waals surface area contributed by atoms with E-state index in [2.05, 4.69) is 22.5 Å². The number of nitrogens with one attached hydrogen (secondary N) is 2. The first-order valence-electron chi connectivity index (χ1n) is 5.46. The fourth-order valence-electron chi connectivity index (χ4n) is 1.98. The van der Waals surface area contributed by atoms with E-state index in [1.54, 1.807) is 0 Å². The number of nitrogens with zero attached hydrogens (tertiary/aromatic N) is 1. The highest BCUT2D eigenvalue weighted by Crippen LogP contribution is 2.19. The third kappa shape index (κ3) is 2.83. The Hall–Kier alpha value is -0.870. The van der Waals surface area contributed by atoms with Crippen molar-refractivity contribution in [2.24, 2.45) is 0 Å². The molecule has 2 heterocycles. The lowest BCUT2D eigenvalue weighted by Crippen LogP contribution is -2.41. The molecule has 0 aliphatic carbocycles. The maximum Gasteiger partial charge on any atom is 0.166 e. The van der Waals surface area contributed by atoms with Crippen molar-refractivity contribution in [2.45, 2.75) is 31.8 Å². The Labute approximate surface area is 99.4 Å². The summed E-state index contributed by atoms with van der Waals surface area (Å²) in [4.78, 5) is 3.96. The first kappa shape index (κ1) is 11.6. The quantitative estimate of drug-likeness (QED) is 0.838. The van der Waals surface area contributed by atoms with Gasteiger partial charge in [0.05, 0.1) is 5.02 Å². The molecule has 1 aromatic heterocycles. The second kappa shape index (κ2) is 4.97. The topological polar surface area (TPSA) is 37.0 Å². The van der Waals surface area contributed by atoms with Crippen molar-refractivity contribution in [1.29, 1.82) is 0 Å². The molecule has 5 heteroatoms. The van der Waals surface area contributed by atoms with Crippen molar-refractivity contribution in [3.05, 3.63) is 23.1 Å². The molecule has 0 saturated carbocycles. The standard InChI is InChI=1S/C11H15ClFN3/c1-7-4-9(2-3-14-7)16-11-10(13)5-8(12)6-15-11/h5-7,9,14H,2-4H2,1H3,(H,15,16). The van der Waals surface area contributed by atoms with E-state index < -0.39 is 5.82 Å². The largest absolute Gasteiger partial charge is 0.365 e. The average Bonchev–Trinajstić information content (AvgIpc) is 2.22. The molecule has 88 valence electrons. The van der Waals surface area contributed by atoms with Gasteiger partial charge in [-0.15, -0.1) is 0 Å². The molecule has 1 saturated heterocycles. The Morgan fingerprint density at radius 3 is 3.12 bits per heavy atom. The van der Waals surface area contributed by atoms with Gasteiger partial charge in [-0.3, -0.25) is 0 Å². The van der Waals surface area contributed by atoms with Crippen molar-refractivity contribution in [1.82, 2.24) is 10.3 Å². The fraction of sp³-hybridized carbons (Fsp3) is 0.545. The van der Waals surface area contributed by atoms with Gasteiger partial charge in [-0.25, -0.2) is 9.37 Å². The molecule has 16 heavy (non-hydrogen) atoms. The van der Waals surface area contributed by atoms with Crippen LogP contribution in [0.5, 0.6) is 0 Å². The van der Waals surface area contributed by atoms with Gasteiger partial charge in [-0.05, 0) is 32.4 Å². The molecule has 0 radical (unpaired) electrons. The van der Waals surface area contributed by atoms with Crippen molar-refractivity contribution in [2.75, 3.05) is 11.9 Å². The van der Waals surface area contributed by atoms with Crippen LogP contribution in [0.3, 0.4) is 0 Å². The lowest BCUT2D eigenvalue weighted by Gasteiger charge is -2.29. The van der Waals surface area contributed by atoms with Gasteiger partial charge in [0, 0.05) is 18.3 Å². The van der Waals surface area contributed by atoms with Gasteiger partial charge in [-0.1, -0.05) is 11.6 Å². The van der Waals surface area contributed by atoms with Crippen LogP contribution < -0.4 is 10.6 Å². The smallest absolute Gasteiger partial charge is 0.166 e. The van der Waals surface area contributed by atoms with Crippen LogP contribution in [0.4, 0.5) is 10.2 Å². The summed E-state index contributed by atoms with van der Waals surface area (Å²) in [6, 6.07) is 2.02. The maximum absolute atomic E-state index is 13.5. The third-order valence-corrected chi connectivity index (χ3v) is 2.98. The highest BCUT2D eigenvalue weighted by atomic mass is 35.5. The minimum atomic E-state index is -0.390. The van der Waals surface area contributed by atoms with Crippen LogP contribution in [-0.2, 0) is 0 Å². The molecule has 0 bridgehead atoms. The lowest BCUT2D eigenvalue weighted by molar-refractivity contribution is 0.394. The Morgan fingerprint density at radius 1 is 1.62 bits per heavy atom. The second-order valence-electron chi connectivity index (χ2n) is 4.20. The number of anilines is 1. The molecule has 1 fully saturated rings. The van der Waals surface area contributed by atoms with E-state index in [-0.39, 0.29) is 6.04 Å². The molecule has 2 rings (SSSR count). The van der Waals surface area contributed by atoms with E-state index in [0.717, 1.165) is 19.4 Å². The van der Waals surface area contributed by atoms with E-state index in [0.29, 0.717) is 16.9 Å². The summed E-state index contributed by atoms with van der Waals surface area (Å²) < 4.78 is 13.5. The number of pyridine rings is 1. The molecule has 2 atom stereocenters. The molecule has 0 aromatic carbocycles. The number of piperidine rings is 1. The molecular weight excluding hydrogens is 229 g/mol. The normalized spacial score (nSPS) is 25.4. The first-order chi connectivity index (χ1) is 7.65. The van der Waals surface area contributed by atoms with Gasteiger partial charge in [0.15, 0.2) is 11.6 Å². The zero-order chi connectivity index (χ0) is 11.5. The number of rotatable bonds is 2. The van der Waals surface area contributed by atoms with Gasteiger partial charge in [-0.2, -0.15) is 0 Å². The Morgan fingerprint density at radius 2 is 2.44 bits per heavy atom. The van der Waals surface area contributed by atoms with Crippen LogP contribution in [-0.4, -0.2) is 23.6 Å². The molecule has 0 amide bonds. The summed E-state index contributed by atoms with van der Waals surface area (Å²) >= 11 is 5.64. The summed E-state index contributed by atoms with van der Waals surface area (Å²) in [5, 5.41) is 6.79. The van der Waals surface area contributed by atoms with Gasteiger partial charge in [0.25, 0.3) is 0 Å². The first-order valence-corrected chi connectivity index (χ1v) is 5.84. The molecule has 3 nitrogen and oxygen atoms in total. The molecule has 2 unspecified atom stereocenters. The van der Waals surface area contributed by atoms with Crippen molar-refractivity contribution < 1.29 is 4.39 Å². The van der Waals surface area contributed by atoms with Crippen LogP contribution in [0.15, 0.2) is 12.3 Å². The van der Waals surface area contributed by atoms with Crippen LogP contribution >= 0.6 is 11.6 Å². The summed E-state index contributed by atoms with van der Waals surface area (Å²) in [5.41, 5.74) is 0. The molecule has 0 spiro atoms. The number of aromatic nitrogens is 1. The van der Waals surface area contributed by atoms with Gasteiger partial charge in [0.1, 0.15) is 0 Å². The monoisotopic (exact) mass is 243 g/mol. The summed E-state index contributed by atoms with van der Waals surface area (Å²) in [6.45, 7) is 3.08. The van der Waals surface area contributed by atoms with Crippen LogP contribution in [0.25, 0.3) is 0 Å². The van der Waals surface area contributed by atoms with E-state index in [4.69, 9.17) is 11.6 Å². The van der Waals surface area contributed by atoms with Crippen molar-refractivity contribution in [3.63, 3.8) is 0 Å². The second-order valence-corrected chi connectivity index (χ2v) is 4.64. The Bertz CT molecular complexity index is 372. The Balaban J connectivity index is 2.02. The molecule has 2 N–H and O–H groups in total. The minimum absolute atomic E-state index is 0.277. The summed E-state index contributed by atoms with van der Waals surface area (Å²) in [5.74, 6) is -0.0952. The van der Waals surface area contributed by atoms with Crippen molar-refractivity contribution >= 4 is 17.4 Å². The predicted molar refractivity (Wildman–Crippen MR) is 63.3 cm³/mol. The van der Waals surface area contributed by atoms with E-state index in [1.807, 2.05) is 0 Å². The van der Waals surface area contributed by atoms with Gasteiger partial charge in [0.2, 0.25) is 0 Å². The van der Waals surface area contributed by atoms with E-state index in [9.17, 15) is 4.39 Å². The third-order valence-electron chi connectivity index (χ3n) is 2.77. The fourth-order valence-corrected chi connectivity index (χ4v) is 2.12. The number of hydrogen-bond donors (Lipinski definition) is 2. The Kier molecular flexibility index (Phi) is 3.61.